The van der Waals surface area contributed by atoms with E-state index in [1.54, 1.807) is 26.4 Å². The Balaban J connectivity index is 2.25. The van der Waals surface area contributed by atoms with Gasteiger partial charge in [0.05, 0.1) is 20.3 Å². The molecule has 1 aromatic carbocycles. The zero-order chi connectivity index (χ0) is 14.5. The van der Waals surface area contributed by atoms with Gasteiger partial charge in [-0.05, 0) is 37.3 Å². The van der Waals surface area contributed by atoms with Crippen LogP contribution in [0.1, 0.15) is 18.5 Å². The summed E-state index contributed by atoms with van der Waals surface area (Å²) in [5.74, 6) is 1.44. The second kappa shape index (κ2) is 6.23. The van der Waals surface area contributed by atoms with Gasteiger partial charge in [-0.1, -0.05) is 6.07 Å². The second-order valence-electron chi connectivity index (χ2n) is 4.32. The number of benzene rings is 1. The number of nitrogens with zero attached hydrogens (tertiary/aromatic N) is 1. The average Bonchev–Trinajstić information content (AvgIpc) is 2.46. The molecule has 0 bridgehead atoms. The molecule has 0 aliphatic heterocycles. The first-order valence-electron chi connectivity index (χ1n) is 6.25. The fourth-order valence-electron chi connectivity index (χ4n) is 1.97. The Bertz CT molecular complexity index is 590. The van der Waals surface area contributed by atoms with Gasteiger partial charge in [0.25, 0.3) is 0 Å². The minimum Gasteiger partial charge on any atom is -0.497 e. The first-order chi connectivity index (χ1) is 9.63. The van der Waals surface area contributed by atoms with Crippen LogP contribution in [0.5, 0.6) is 11.5 Å². The van der Waals surface area contributed by atoms with Crippen LogP contribution in [-0.2, 0) is 0 Å². The Morgan fingerprint density at radius 1 is 1.15 bits per heavy atom. The summed E-state index contributed by atoms with van der Waals surface area (Å²) in [5.41, 5.74) is 0.915. The van der Waals surface area contributed by atoms with Gasteiger partial charge in [-0.2, -0.15) is 4.39 Å². The number of halogens is 1. The van der Waals surface area contributed by atoms with E-state index < -0.39 is 5.95 Å². The third kappa shape index (κ3) is 3.17. The Kier molecular flexibility index (Phi) is 4.40. The summed E-state index contributed by atoms with van der Waals surface area (Å²) in [6.45, 7) is 1.95. The highest BCUT2D eigenvalue weighted by molar-refractivity contribution is 5.46. The van der Waals surface area contributed by atoms with Crippen LogP contribution < -0.4 is 14.8 Å². The standard InChI is InChI=1S/C15H17FN2O2/c1-10(17-15-6-4-5-14(16)18-15)12-9-11(19-2)7-8-13(12)20-3/h4-10H,1-3H3,(H,17,18). The molecule has 0 amide bonds. The lowest BCUT2D eigenvalue weighted by atomic mass is 10.1. The molecule has 2 rings (SSSR count). The summed E-state index contributed by atoms with van der Waals surface area (Å²) in [7, 11) is 3.22. The van der Waals surface area contributed by atoms with Gasteiger partial charge < -0.3 is 14.8 Å². The zero-order valence-corrected chi connectivity index (χ0v) is 11.7. The highest BCUT2D eigenvalue weighted by Gasteiger charge is 2.13. The monoisotopic (exact) mass is 276 g/mol. The van der Waals surface area contributed by atoms with Crippen LogP contribution in [0, 0.1) is 5.95 Å². The van der Waals surface area contributed by atoms with E-state index in [2.05, 4.69) is 10.3 Å². The molecule has 0 saturated heterocycles. The van der Waals surface area contributed by atoms with Crippen molar-refractivity contribution in [3.05, 3.63) is 47.9 Å². The van der Waals surface area contributed by atoms with Crippen LogP contribution in [0.3, 0.4) is 0 Å². The second-order valence-corrected chi connectivity index (χ2v) is 4.32. The van der Waals surface area contributed by atoms with Gasteiger partial charge in [0.2, 0.25) is 5.95 Å². The van der Waals surface area contributed by atoms with Crippen LogP contribution in [0.4, 0.5) is 10.2 Å². The number of hydrogen-bond donors (Lipinski definition) is 1. The van der Waals surface area contributed by atoms with Gasteiger partial charge >= 0.3 is 0 Å². The molecule has 2 aromatic rings. The summed E-state index contributed by atoms with van der Waals surface area (Å²) in [6.07, 6.45) is 0. The van der Waals surface area contributed by atoms with Gasteiger partial charge in [0.1, 0.15) is 17.3 Å². The molecule has 0 radical (unpaired) electrons. The Morgan fingerprint density at radius 3 is 2.60 bits per heavy atom. The van der Waals surface area contributed by atoms with E-state index in [0.29, 0.717) is 5.82 Å². The smallest absolute Gasteiger partial charge is 0.214 e. The van der Waals surface area contributed by atoms with E-state index in [1.807, 2.05) is 25.1 Å². The largest absolute Gasteiger partial charge is 0.497 e. The lowest BCUT2D eigenvalue weighted by molar-refractivity contribution is 0.397. The number of aromatic nitrogens is 1. The molecule has 0 fully saturated rings. The van der Waals surface area contributed by atoms with Crippen LogP contribution in [-0.4, -0.2) is 19.2 Å². The minimum absolute atomic E-state index is 0.102. The predicted molar refractivity (Wildman–Crippen MR) is 75.8 cm³/mol. The Morgan fingerprint density at radius 2 is 1.95 bits per heavy atom. The van der Waals surface area contributed by atoms with E-state index in [9.17, 15) is 4.39 Å². The molecule has 5 heteroatoms. The van der Waals surface area contributed by atoms with Gasteiger partial charge in [0, 0.05) is 5.56 Å². The fraction of sp³-hybridized carbons (Fsp3) is 0.267. The maximum absolute atomic E-state index is 13.1. The van der Waals surface area contributed by atoms with Crippen molar-refractivity contribution in [2.45, 2.75) is 13.0 Å². The first kappa shape index (κ1) is 14.1. The molecule has 4 nitrogen and oxygen atoms in total. The number of anilines is 1. The maximum Gasteiger partial charge on any atom is 0.214 e. The molecule has 0 spiro atoms. The molecule has 1 heterocycles. The molecular formula is C15H17FN2O2. The summed E-state index contributed by atoms with van der Waals surface area (Å²) in [5, 5.41) is 3.14. The SMILES string of the molecule is COc1ccc(OC)c(C(C)Nc2cccc(F)n2)c1. The fourth-order valence-corrected chi connectivity index (χ4v) is 1.97. The molecule has 0 saturated carbocycles. The summed E-state index contributed by atoms with van der Waals surface area (Å²) in [6, 6.07) is 10.1. The number of ether oxygens (including phenoxy) is 2. The first-order valence-corrected chi connectivity index (χ1v) is 6.25. The van der Waals surface area contributed by atoms with Crippen molar-refractivity contribution < 1.29 is 13.9 Å². The molecule has 0 aliphatic carbocycles. The van der Waals surface area contributed by atoms with Crippen molar-refractivity contribution in [2.75, 3.05) is 19.5 Å². The summed E-state index contributed by atoms with van der Waals surface area (Å²) in [4.78, 5) is 3.79. The van der Waals surface area contributed by atoms with Crippen molar-refractivity contribution in [1.29, 1.82) is 0 Å². The van der Waals surface area contributed by atoms with Crippen molar-refractivity contribution >= 4 is 5.82 Å². The van der Waals surface area contributed by atoms with Gasteiger partial charge in [0.15, 0.2) is 0 Å². The van der Waals surface area contributed by atoms with Gasteiger partial charge in [-0.15, -0.1) is 0 Å². The quantitative estimate of drug-likeness (QED) is 0.850. The van der Waals surface area contributed by atoms with E-state index in [4.69, 9.17) is 9.47 Å². The number of rotatable bonds is 5. The van der Waals surface area contributed by atoms with Crippen LogP contribution in [0.2, 0.25) is 0 Å². The third-order valence-electron chi connectivity index (χ3n) is 2.98. The van der Waals surface area contributed by atoms with E-state index in [0.717, 1.165) is 17.1 Å². The lowest BCUT2D eigenvalue weighted by Crippen LogP contribution is -2.10. The number of methoxy groups -OCH3 is 2. The summed E-state index contributed by atoms with van der Waals surface area (Å²) < 4.78 is 23.6. The molecule has 106 valence electrons. The van der Waals surface area contributed by atoms with Gasteiger partial charge in [-0.25, -0.2) is 4.98 Å². The van der Waals surface area contributed by atoms with Gasteiger partial charge in [-0.3, -0.25) is 0 Å². The number of pyridine rings is 1. The van der Waals surface area contributed by atoms with E-state index in [-0.39, 0.29) is 6.04 Å². The summed E-state index contributed by atoms with van der Waals surface area (Å²) >= 11 is 0. The molecular weight excluding hydrogens is 259 g/mol. The third-order valence-corrected chi connectivity index (χ3v) is 2.98. The minimum atomic E-state index is -0.514. The van der Waals surface area contributed by atoms with E-state index >= 15 is 0 Å². The Hall–Kier alpha value is -2.30. The molecule has 1 atom stereocenters. The van der Waals surface area contributed by atoms with Crippen molar-refractivity contribution in [1.82, 2.24) is 4.98 Å². The molecule has 20 heavy (non-hydrogen) atoms. The predicted octanol–water partition coefficient (Wildman–Crippen LogP) is 3.41. The average molecular weight is 276 g/mol. The normalized spacial score (nSPS) is 11.8. The highest BCUT2D eigenvalue weighted by atomic mass is 19.1. The highest BCUT2D eigenvalue weighted by Crippen LogP contribution is 2.30. The van der Waals surface area contributed by atoms with Crippen LogP contribution in [0.15, 0.2) is 36.4 Å². The van der Waals surface area contributed by atoms with E-state index in [1.165, 1.54) is 6.07 Å². The van der Waals surface area contributed by atoms with Crippen LogP contribution in [0.25, 0.3) is 0 Å². The maximum atomic E-state index is 13.1. The number of nitrogens with one attached hydrogen (secondary N) is 1. The molecule has 1 unspecified atom stereocenters. The zero-order valence-electron chi connectivity index (χ0n) is 11.7. The molecule has 1 N–H and O–H groups in total. The van der Waals surface area contributed by atoms with Crippen molar-refractivity contribution in [2.24, 2.45) is 0 Å². The number of hydrogen-bond acceptors (Lipinski definition) is 4. The topological polar surface area (TPSA) is 43.4 Å². The van der Waals surface area contributed by atoms with Crippen molar-refractivity contribution in [3.8, 4) is 11.5 Å². The Labute approximate surface area is 117 Å². The van der Waals surface area contributed by atoms with Crippen LogP contribution >= 0.6 is 0 Å². The lowest BCUT2D eigenvalue weighted by Gasteiger charge is -2.18. The van der Waals surface area contributed by atoms with Crippen molar-refractivity contribution in [3.63, 3.8) is 0 Å². The molecule has 0 aliphatic rings. The molecule has 1 aromatic heterocycles.